The van der Waals surface area contributed by atoms with E-state index < -0.39 is 0 Å². The van der Waals surface area contributed by atoms with E-state index in [0.717, 1.165) is 38.9 Å². The van der Waals surface area contributed by atoms with Crippen LogP contribution in [0.25, 0.3) is 0 Å². The Balaban J connectivity index is 1.97. The molecule has 82 valence electrons. The highest BCUT2D eigenvalue weighted by molar-refractivity contribution is 5.78. The van der Waals surface area contributed by atoms with Gasteiger partial charge in [-0.2, -0.15) is 0 Å². The minimum atomic E-state index is 0.277. The number of hydrogen-bond acceptors (Lipinski definition) is 2. The Morgan fingerprint density at radius 2 is 2.00 bits per heavy atom. The molecule has 1 aliphatic rings. The fourth-order valence-electron chi connectivity index (χ4n) is 1.93. The number of carbonyl (C=O) groups excluding carboxylic acids is 1. The molecular weight excluding hydrogens is 176 g/mol. The molecule has 14 heavy (non-hydrogen) atoms. The third-order valence-corrected chi connectivity index (χ3v) is 2.81. The fourth-order valence-corrected chi connectivity index (χ4v) is 1.93. The van der Waals surface area contributed by atoms with E-state index in [1.54, 1.807) is 0 Å². The summed E-state index contributed by atoms with van der Waals surface area (Å²) in [5.41, 5.74) is 0. The topological polar surface area (TPSA) is 41.1 Å². The van der Waals surface area contributed by atoms with Crippen molar-refractivity contribution >= 4 is 5.91 Å². The zero-order chi connectivity index (χ0) is 10.2. The van der Waals surface area contributed by atoms with Crippen LogP contribution in [0.3, 0.4) is 0 Å². The van der Waals surface area contributed by atoms with Crippen molar-refractivity contribution in [2.45, 2.75) is 39.0 Å². The zero-order valence-corrected chi connectivity index (χ0v) is 9.14. The van der Waals surface area contributed by atoms with E-state index in [4.69, 9.17) is 0 Å². The first-order valence-electron chi connectivity index (χ1n) is 5.83. The molecule has 0 heterocycles. The molecule has 0 aliphatic heterocycles. The third kappa shape index (κ3) is 4.09. The van der Waals surface area contributed by atoms with Gasteiger partial charge in [0.1, 0.15) is 0 Å². The maximum atomic E-state index is 11.5. The van der Waals surface area contributed by atoms with Crippen LogP contribution in [0.1, 0.15) is 39.0 Å². The predicted molar refractivity (Wildman–Crippen MR) is 58.1 cm³/mol. The van der Waals surface area contributed by atoms with Crippen molar-refractivity contribution < 1.29 is 4.79 Å². The average molecular weight is 198 g/mol. The molecule has 0 spiro atoms. The van der Waals surface area contributed by atoms with Gasteiger partial charge < -0.3 is 10.6 Å². The van der Waals surface area contributed by atoms with Gasteiger partial charge in [0.25, 0.3) is 0 Å². The van der Waals surface area contributed by atoms with Crippen molar-refractivity contribution in [1.82, 2.24) is 10.6 Å². The predicted octanol–water partition coefficient (Wildman–Crippen LogP) is 1.29. The Morgan fingerprint density at radius 3 is 2.64 bits per heavy atom. The standard InChI is InChI=1S/C11H22N2O/c1-2-12-8-5-9-13-11(14)10-6-3-4-7-10/h10,12H,2-9H2,1H3,(H,13,14). The monoisotopic (exact) mass is 198 g/mol. The number of carbonyl (C=O) groups is 1. The molecule has 0 bridgehead atoms. The van der Waals surface area contributed by atoms with Gasteiger partial charge in [-0.15, -0.1) is 0 Å². The van der Waals surface area contributed by atoms with E-state index in [-0.39, 0.29) is 5.91 Å². The summed E-state index contributed by atoms with van der Waals surface area (Å²) in [4.78, 5) is 11.5. The second-order valence-electron chi connectivity index (χ2n) is 3.98. The van der Waals surface area contributed by atoms with Crippen LogP contribution in [0.4, 0.5) is 0 Å². The van der Waals surface area contributed by atoms with Crippen molar-refractivity contribution in [1.29, 1.82) is 0 Å². The van der Waals surface area contributed by atoms with Gasteiger partial charge in [0.2, 0.25) is 5.91 Å². The first-order chi connectivity index (χ1) is 6.84. The zero-order valence-electron chi connectivity index (χ0n) is 9.14. The number of rotatable bonds is 6. The molecule has 0 atom stereocenters. The Labute approximate surface area is 86.6 Å². The largest absolute Gasteiger partial charge is 0.356 e. The van der Waals surface area contributed by atoms with Crippen molar-refractivity contribution in [3.8, 4) is 0 Å². The van der Waals surface area contributed by atoms with Crippen molar-refractivity contribution in [2.75, 3.05) is 19.6 Å². The summed E-state index contributed by atoms with van der Waals surface area (Å²) in [6.07, 6.45) is 5.69. The lowest BCUT2D eigenvalue weighted by Crippen LogP contribution is -2.31. The average Bonchev–Trinajstić information content (AvgIpc) is 2.70. The quantitative estimate of drug-likeness (QED) is 0.631. The van der Waals surface area contributed by atoms with Gasteiger partial charge in [-0.25, -0.2) is 0 Å². The molecule has 3 nitrogen and oxygen atoms in total. The second-order valence-corrected chi connectivity index (χ2v) is 3.98. The number of amides is 1. The minimum Gasteiger partial charge on any atom is -0.356 e. The summed E-state index contributed by atoms with van der Waals surface area (Å²) in [5.74, 6) is 0.591. The van der Waals surface area contributed by atoms with E-state index in [0.29, 0.717) is 5.92 Å². The molecule has 0 aromatic carbocycles. The Morgan fingerprint density at radius 1 is 1.29 bits per heavy atom. The summed E-state index contributed by atoms with van der Waals surface area (Å²) in [6.45, 7) is 4.93. The molecule has 0 unspecified atom stereocenters. The van der Waals surface area contributed by atoms with Crippen LogP contribution >= 0.6 is 0 Å². The minimum absolute atomic E-state index is 0.277. The lowest BCUT2D eigenvalue weighted by atomic mass is 10.1. The second kappa shape index (κ2) is 6.82. The molecule has 1 saturated carbocycles. The van der Waals surface area contributed by atoms with Crippen LogP contribution < -0.4 is 10.6 Å². The van der Waals surface area contributed by atoms with Gasteiger partial charge in [0.05, 0.1) is 0 Å². The van der Waals surface area contributed by atoms with Gasteiger partial charge in [0.15, 0.2) is 0 Å². The van der Waals surface area contributed by atoms with Gasteiger partial charge in [-0.3, -0.25) is 4.79 Å². The summed E-state index contributed by atoms with van der Waals surface area (Å²) in [5, 5.41) is 6.24. The van der Waals surface area contributed by atoms with Crippen molar-refractivity contribution in [2.24, 2.45) is 5.92 Å². The van der Waals surface area contributed by atoms with Crippen LogP contribution in [-0.2, 0) is 4.79 Å². The summed E-state index contributed by atoms with van der Waals surface area (Å²) < 4.78 is 0. The third-order valence-electron chi connectivity index (χ3n) is 2.81. The van der Waals surface area contributed by atoms with Gasteiger partial charge in [0, 0.05) is 12.5 Å². The van der Waals surface area contributed by atoms with Crippen LogP contribution in [0.5, 0.6) is 0 Å². The molecule has 1 amide bonds. The lowest BCUT2D eigenvalue weighted by Gasteiger charge is -2.09. The highest BCUT2D eigenvalue weighted by atomic mass is 16.1. The van der Waals surface area contributed by atoms with E-state index in [1.807, 2.05) is 0 Å². The Kier molecular flexibility index (Phi) is 5.60. The fraction of sp³-hybridized carbons (Fsp3) is 0.909. The molecule has 1 aliphatic carbocycles. The smallest absolute Gasteiger partial charge is 0.223 e. The van der Waals surface area contributed by atoms with Crippen LogP contribution in [0.2, 0.25) is 0 Å². The van der Waals surface area contributed by atoms with E-state index in [2.05, 4.69) is 17.6 Å². The molecule has 2 N–H and O–H groups in total. The van der Waals surface area contributed by atoms with E-state index >= 15 is 0 Å². The van der Waals surface area contributed by atoms with Gasteiger partial charge in [-0.1, -0.05) is 19.8 Å². The van der Waals surface area contributed by atoms with Crippen LogP contribution in [-0.4, -0.2) is 25.5 Å². The maximum Gasteiger partial charge on any atom is 0.223 e. The molecule has 0 radical (unpaired) electrons. The first-order valence-corrected chi connectivity index (χ1v) is 5.83. The van der Waals surface area contributed by atoms with Crippen LogP contribution in [0.15, 0.2) is 0 Å². The SMILES string of the molecule is CCNCCCNC(=O)C1CCCC1. The molecular formula is C11H22N2O. The molecule has 3 heteroatoms. The molecule has 1 fully saturated rings. The van der Waals surface area contributed by atoms with Gasteiger partial charge >= 0.3 is 0 Å². The maximum absolute atomic E-state index is 11.5. The lowest BCUT2D eigenvalue weighted by molar-refractivity contribution is -0.124. The number of nitrogens with one attached hydrogen (secondary N) is 2. The number of hydrogen-bond donors (Lipinski definition) is 2. The Hall–Kier alpha value is -0.570. The van der Waals surface area contributed by atoms with Gasteiger partial charge in [-0.05, 0) is 32.4 Å². The molecule has 1 rings (SSSR count). The van der Waals surface area contributed by atoms with E-state index in [9.17, 15) is 4.79 Å². The van der Waals surface area contributed by atoms with E-state index in [1.165, 1.54) is 12.8 Å². The van der Waals surface area contributed by atoms with Crippen LogP contribution in [0, 0.1) is 5.92 Å². The van der Waals surface area contributed by atoms with Crippen molar-refractivity contribution in [3.63, 3.8) is 0 Å². The summed E-state index contributed by atoms with van der Waals surface area (Å²) >= 11 is 0. The highest BCUT2D eigenvalue weighted by Gasteiger charge is 2.21. The normalized spacial score (nSPS) is 17.2. The molecule has 0 aromatic rings. The summed E-state index contributed by atoms with van der Waals surface area (Å²) in [6, 6.07) is 0. The highest BCUT2D eigenvalue weighted by Crippen LogP contribution is 2.24. The summed E-state index contributed by atoms with van der Waals surface area (Å²) in [7, 11) is 0. The van der Waals surface area contributed by atoms with Crippen molar-refractivity contribution in [3.05, 3.63) is 0 Å². The molecule has 0 saturated heterocycles. The Bertz CT molecular complexity index is 165. The first kappa shape index (κ1) is 11.5. The molecule has 0 aromatic heterocycles.